The molecule has 0 saturated heterocycles. The topological polar surface area (TPSA) is 59.4 Å². The Morgan fingerprint density at radius 2 is 2.31 bits per heavy atom. The molecule has 0 bridgehead atoms. The molecule has 13 heavy (non-hydrogen) atoms. The minimum absolute atomic E-state index is 0.187. The summed E-state index contributed by atoms with van der Waals surface area (Å²) >= 11 is 3.11. The molecule has 4 nitrogen and oxygen atoms in total. The van der Waals surface area contributed by atoms with Gasteiger partial charge in [-0.2, -0.15) is 0 Å². The Balaban J connectivity index is 3.38. The maximum Gasteiger partial charge on any atom is 0.337 e. The molecule has 1 N–H and O–H groups in total. The first-order valence-electron chi connectivity index (χ1n) is 3.50. The third-order valence-corrected chi connectivity index (χ3v) is 2.24. The van der Waals surface area contributed by atoms with Gasteiger partial charge in [-0.15, -0.1) is 0 Å². The first kappa shape index (κ1) is 9.98. The molecule has 0 fully saturated rings. The molecule has 0 saturated carbocycles. The number of carboxylic acid groups (broad SMARTS) is 1. The van der Waals surface area contributed by atoms with Crippen LogP contribution in [0.4, 0.5) is 0 Å². The number of hydrogen-bond donors (Lipinski definition) is 1. The summed E-state index contributed by atoms with van der Waals surface area (Å²) in [4.78, 5) is 14.7. The number of hydrogen-bond acceptors (Lipinski definition) is 3. The zero-order chi connectivity index (χ0) is 10.0. The molecule has 70 valence electrons. The standard InChI is InChI=1S/C8H8BrNO3/c1-4-6(8(11)12)5(9)3-10-7(4)13-2/h3H,1-2H3,(H,11,12). The monoisotopic (exact) mass is 245 g/mol. The van der Waals surface area contributed by atoms with E-state index in [1.54, 1.807) is 6.92 Å². The second-order valence-corrected chi connectivity index (χ2v) is 3.27. The van der Waals surface area contributed by atoms with Crippen LogP contribution in [-0.2, 0) is 0 Å². The molecule has 0 unspecified atom stereocenters. The molecule has 0 aliphatic heterocycles. The van der Waals surface area contributed by atoms with Crippen LogP contribution in [0.15, 0.2) is 10.7 Å². The number of ether oxygens (including phenoxy) is 1. The van der Waals surface area contributed by atoms with Crippen LogP contribution in [0, 0.1) is 6.92 Å². The average molecular weight is 246 g/mol. The Labute approximate surface area is 83.7 Å². The Morgan fingerprint density at radius 1 is 1.69 bits per heavy atom. The Hall–Kier alpha value is -1.10. The van der Waals surface area contributed by atoms with Gasteiger partial charge in [-0.3, -0.25) is 0 Å². The van der Waals surface area contributed by atoms with Crippen molar-refractivity contribution in [2.45, 2.75) is 6.92 Å². The van der Waals surface area contributed by atoms with Gasteiger partial charge in [0.15, 0.2) is 0 Å². The quantitative estimate of drug-likeness (QED) is 0.865. The van der Waals surface area contributed by atoms with Crippen LogP contribution in [0.25, 0.3) is 0 Å². The molecule has 0 aliphatic carbocycles. The van der Waals surface area contributed by atoms with Gasteiger partial charge < -0.3 is 9.84 Å². The van der Waals surface area contributed by atoms with Crippen molar-refractivity contribution in [2.75, 3.05) is 7.11 Å². The number of aromatic nitrogens is 1. The maximum atomic E-state index is 10.8. The van der Waals surface area contributed by atoms with E-state index in [-0.39, 0.29) is 5.56 Å². The summed E-state index contributed by atoms with van der Waals surface area (Å²) in [5.41, 5.74) is 0.705. The van der Waals surface area contributed by atoms with Gasteiger partial charge in [0, 0.05) is 11.8 Å². The fourth-order valence-electron chi connectivity index (χ4n) is 1.03. The molecule has 0 aromatic carbocycles. The van der Waals surface area contributed by atoms with Crippen LogP contribution in [0.3, 0.4) is 0 Å². The zero-order valence-corrected chi connectivity index (χ0v) is 8.75. The summed E-state index contributed by atoms with van der Waals surface area (Å²) in [5.74, 6) is -0.661. The molecule has 0 radical (unpaired) electrons. The summed E-state index contributed by atoms with van der Waals surface area (Å²) in [6, 6.07) is 0. The van der Waals surface area contributed by atoms with E-state index in [1.807, 2.05) is 0 Å². The summed E-state index contributed by atoms with van der Waals surface area (Å²) in [6.45, 7) is 1.65. The van der Waals surface area contributed by atoms with E-state index in [2.05, 4.69) is 20.9 Å². The van der Waals surface area contributed by atoms with Gasteiger partial charge in [0.25, 0.3) is 0 Å². The lowest BCUT2D eigenvalue weighted by molar-refractivity contribution is 0.0694. The number of carbonyl (C=O) groups is 1. The molecule has 0 aliphatic rings. The summed E-state index contributed by atoms with van der Waals surface area (Å²) in [6.07, 6.45) is 1.41. The van der Waals surface area contributed by atoms with Crippen molar-refractivity contribution in [2.24, 2.45) is 0 Å². The summed E-state index contributed by atoms with van der Waals surface area (Å²) in [7, 11) is 1.45. The minimum atomic E-state index is -0.995. The van der Waals surface area contributed by atoms with Crippen molar-refractivity contribution in [1.82, 2.24) is 4.98 Å². The molecule has 0 amide bonds. The second kappa shape index (κ2) is 3.74. The first-order valence-corrected chi connectivity index (χ1v) is 4.29. The third-order valence-electron chi connectivity index (χ3n) is 1.64. The highest BCUT2D eigenvalue weighted by Crippen LogP contribution is 2.25. The lowest BCUT2D eigenvalue weighted by Gasteiger charge is -2.07. The molecule has 5 heteroatoms. The normalized spacial score (nSPS) is 9.77. The molecule has 0 atom stereocenters. The number of pyridine rings is 1. The molecular formula is C8H8BrNO3. The van der Waals surface area contributed by atoms with E-state index < -0.39 is 5.97 Å². The molecule has 1 rings (SSSR count). The van der Waals surface area contributed by atoms with Crippen molar-refractivity contribution in [3.8, 4) is 5.88 Å². The number of nitrogens with zero attached hydrogens (tertiary/aromatic N) is 1. The SMILES string of the molecule is COc1ncc(Br)c(C(=O)O)c1C. The van der Waals surface area contributed by atoms with Gasteiger partial charge in [0.2, 0.25) is 5.88 Å². The number of rotatable bonds is 2. The van der Waals surface area contributed by atoms with Gasteiger partial charge >= 0.3 is 5.97 Å². The minimum Gasteiger partial charge on any atom is -0.481 e. The van der Waals surface area contributed by atoms with E-state index in [9.17, 15) is 4.79 Å². The van der Waals surface area contributed by atoms with Gasteiger partial charge in [-0.25, -0.2) is 9.78 Å². The average Bonchev–Trinajstić information content (AvgIpc) is 2.04. The highest BCUT2D eigenvalue weighted by molar-refractivity contribution is 9.10. The third kappa shape index (κ3) is 1.80. The maximum absolute atomic E-state index is 10.8. The summed E-state index contributed by atoms with van der Waals surface area (Å²) in [5, 5.41) is 8.85. The predicted molar refractivity (Wildman–Crippen MR) is 50.2 cm³/mol. The van der Waals surface area contributed by atoms with Gasteiger partial charge in [0.1, 0.15) is 0 Å². The smallest absolute Gasteiger partial charge is 0.337 e. The predicted octanol–water partition coefficient (Wildman–Crippen LogP) is 1.86. The molecule has 1 aromatic heterocycles. The van der Waals surface area contributed by atoms with Gasteiger partial charge in [-0.05, 0) is 22.9 Å². The summed E-state index contributed by atoms with van der Waals surface area (Å²) < 4.78 is 5.35. The van der Waals surface area contributed by atoms with E-state index >= 15 is 0 Å². The van der Waals surface area contributed by atoms with Crippen LogP contribution in [0.5, 0.6) is 5.88 Å². The molecule has 0 spiro atoms. The van der Waals surface area contributed by atoms with Crippen molar-refractivity contribution >= 4 is 21.9 Å². The van der Waals surface area contributed by atoms with E-state index in [1.165, 1.54) is 13.3 Å². The van der Waals surface area contributed by atoms with Gasteiger partial charge in [0.05, 0.1) is 17.1 Å². The Morgan fingerprint density at radius 3 is 2.77 bits per heavy atom. The van der Waals surface area contributed by atoms with E-state index in [0.717, 1.165) is 0 Å². The lowest BCUT2D eigenvalue weighted by atomic mass is 10.1. The number of aromatic carboxylic acids is 1. The fourth-order valence-corrected chi connectivity index (χ4v) is 1.60. The van der Waals surface area contributed by atoms with Crippen LogP contribution in [0.2, 0.25) is 0 Å². The largest absolute Gasteiger partial charge is 0.481 e. The van der Waals surface area contributed by atoms with E-state index in [0.29, 0.717) is 15.9 Å². The van der Waals surface area contributed by atoms with Crippen LogP contribution < -0.4 is 4.74 Å². The van der Waals surface area contributed by atoms with E-state index in [4.69, 9.17) is 9.84 Å². The van der Waals surface area contributed by atoms with Crippen molar-refractivity contribution in [3.05, 3.63) is 21.8 Å². The van der Waals surface area contributed by atoms with Crippen LogP contribution >= 0.6 is 15.9 Å². The Kier molecular flexibility index (Phi) is 2.87. The highest BCUT2D eigenvalue weighted by atomic mass is 79.9. The highest BCUT2D eigenvalue weighted by Gasteiger charge is 2.15. The Bertz CT molecular complexity index is 351. The lowest BCUT2D eigenvalue weighted by Crippen LogP contribution is -2.04. The van der Waals surface area contributed by atoms with Crippen molar-refractivity contribution in [3.63, 3.8) is 0 Å². The fraction of sp³-hybridized carbons (Fsp3) is 0.250. The van der Waals surface area contributed by atoms with Gasteiger partial charge in [-0.1, -0.05) is 0 Å². The molecule has 1 aromatic rings. The first-order chi connectivity index (χ1) is 6.07. The number of carboxylic acids is 1. The zero-order valence-electron chi connectivity index (χ0n) is 7.17. The number of halogens is 1. The molecule has 1 heterocycles. The van der Waals surface area contributed by atoms with Crippen LogP contribution in [-0.4, -0.2) is 23.2 Å². The van der Waals surface area contributed by atoms with Crippen molar-refractivity contribution in [1.29, 1.82) is 0 Å². The molecular weight excluding hydrogens is 238 g/mol. The second-order valence-electron chi connectivity index (χ2n) is 2.42. The number of methoxy groups -OCH3 is 1. The van der Waals surface area contributed by atoms with Crippen molar-refractivity contribution < 1.29 is 14.6 Å². The van der Waals surface area contributed by atoms with Crippen LogP contribution in [0.1, 0.15) is 15.9 Å².